The molecule has 0 unspecified atom stereocenters. The first-order valence-corrected chi connectivity index (χ1v) is 5.10. The van der Waals surface area contributed by atoms with Crippen molar-refractivity contribution in [1.82, 2.24) is 4.90 Å². The van der Waals surface area contributed by atoms with Crippen molar-refractivity contribution in [1.29, 1.82) is 0 Å². The third-order valence-corrected chi connectivity index (χ3v) is 2.89. The molecule has 1 fully saturated rings. The molecule has 0 saturated carbocycles. The van der Waals surface area contributed by atoms with Crippen molar-refractivity contribution in [2.45, 2.75) is 53.1 Å². The van der Waals surface area contributed by atoms with E-state index in [1.165, 1.54) is 0 Å². The zero-order valence-electron chi connectivity index (χ0n) is 9.42. The van der Waals surface area contributed by atoms with Gasteiger partial charge >= 0.3 is 0 Å². The molecule has 1 heterocycles. The van der Waals surface area contributed by atoms with Gasteiger partial charge in [-0.1, -0.05) is 13.8 Å². The van der Waals surface area contributed by atoms with Crippen molar-refractivity contribution in [3.8, 4) is 0 Å². The molecule has 1 aliphatic rings. The molecule has 1 atom stereocenters. The van der Waals surface area contributed by atoms with Crippen LogP contribution in [0.2, 0.25) is 0 Å². The predicted molar refractivity (Wildman–Crippen MR) is 54.7 cm³/mol. The highest BCUT2D eigenvalue weighted by Crippen LogP contribution is 2.35. The van der Waals surface area contributed by atoms with Crippen molar-refractivity contribution in [3.63, 3.8) is 0 Å². The maximum absolute atomic E-state index is 11.4. The van der Waals surface area contributed by atoms with Crippen LogP contribution in [0.1, 0.15) is 41.0 Å². The minimum atomic E-state index is 0.162. The zero-order chi connectivity index (χ0) is 10.2. The average Bonchev–Trinajstić information content (AvgIpc) is 2.26. The van der Waals surface area contributed by atoms with E-state index >= 15 is 0 Å². The van der Waals surface area contributed by atoms with Crippen LogP contribution < -0.4 is 0 Å². The van der Waals surface area contributed by atoms with Gasteiger partial charge in [-0.3, -0.25) is 9.69 Å². The Hall–Kier alpha value is -0.370. The molecule has 76 valence electrons. The summed E-state index contributed by atoms with van der Waals surface area (Å²) in [5, 5.41) is 0. The van der Waals surface area contributed by atoms with Crippen LogP contribution in [0.25, 0.3) is 0 Å². The molecule has 0 bridgehead atoms. The zero-order valence-corrected chi connectivity index (χ0v) is 9.42. The van der Waals surface area contributed by atoms with Gasteiger partial charge in [0, 0.05) is 12.6 Å². The maximum Gasteiger partial charge on any atom is 0.146 e. The molecule has 0 amide bonds. The van der Waals surface area contributed by atoms with Gasteiger partial charge in [0.25, 0.3) is 0 Å². The van der Waals surface area contributed by atoms with E-state index in [1.54, 1.807) is 6.92 Å². The monoisotopic (exact) mass is 183 g/mol. The van der Waals surface area contributed by atoms with E-state index in [-0.39, 0.29) is 6.04 Å². The second-order valence-electron chi connectivity index (χ2n) is 5.26. The number of nitrogens with zero attached hydrogens (tertiary/aromatic N) is 1. The molecule has 0 aliphatic carbocycles. The quantitative estimate of drug-likeness (QED) is 0.653. The lowest BCUT2D eigenvalue weighted by Crippen LogP contribution is -2.39. The molecule has 1 rings (SSSR count). The molecule has 2 nitrogen and oxygen atoms in total. The van der Waals surface area contributed by atoms with Crippen molar-refractivity contribution in [3.05, 3.63) is 0 Å². The first-order chi connectivity index (χ1) is 5.83. The van der Waals surface area contributed by atoms with Gasteiger partial charge in [0.15, 0.2) is 0 Å². The number of Topliss-reactive ketones (excluding diaryl/α,β-unsaturated/α-hetero) is 1. The second kappa shape index (κ2) is 3.41. The summed E-state index contributed by atoms with van der Waals surface area (Å²) in [6.07, 6.45) is 1.01. The normalized spacial score (nSPS) is 28.3. The summed E-state index contributed by atoms with van der Waals surface area (Å²) in [5.41, 5.74) is 0.306. The van der Waals surface area contributed by atoms with Gasteiger partial charge in [0.1, 0.15) is 5.78 Å². The molecule has 0 aromatic heterocycles. The standard InChI is InChI=1S/C11H21NO/c1-8(2)12-7-11(4,5)6-10(12)9(3)13/h8,10H,6-7H2,1-5H3/t10-/m0/s1. The van der Waals surface area contributed by atoms with Crippen LogP contribution in [-0.4, -0.2) is 29.3 Å². The molecule has 0 aromatic rings. The van der Waals surface area contributed by atoms with Crippen LogP contribution in [0.4, 0.5) is 0 Å². The van der Waals surface area contributed by atoms with Crippen LogP contribution in [-0.2, 0) is 4.79 Å². The summed E-state index contributed by atoms with van der Waals surface area (Å²) in [7, 11) is 0. The van der Waals surface area contributed by atoms with Gasteiger partial charge in [-0.2, -0.15) is 0 Å². The van der Waals surface area contributed by atoms with Gasteiger partial charge in [-0.15, -0.1) is 0 Å². The van der Waals surface area contributed by atoms with Crippen molar-refractivity contribution in [2.75, 3.05) is 6.54 Å². The number of carbonyl (C=O) groups is 1. The summed E-state index contributed by atoms with van der Waals surface area (Å²) >= 11 is 0. The first kappa shape index (κ1) is 10.7. The van der Waals surface area contributed by atoms with Gasteiger partial charge in [-0.25, -0.2) is 0 Å². The number of ketones is 1. The number of likely N-dealkylation sites (tertiary alicyclic amines) is 1. The molecule has 1 saturated heterocycles. The highest BCUT2D eigenvalue weighted by molar-refractivity contribution is 5.81. The van der Waals surface area contributed by atoms with E-state index in [4.69, 9.17) is 0 Å². The highest BCUT2D eigenvalue weighted by Gasteiger charge is 2.40. The Morgan fingerprint density at radius 3 is 2.31 bits per heavy atom. The summed E-state index contributed by atoms with van der Waals surface area (Å²) in [6.45, 7) is 11.6. The Morgan fingerprint density at radius 2 is 2.00 bits per heavy atom. The molecule has 2 heteroatoms. The van der Waals surface area contributed by atoms with Gasteiger partial charge in [0.2, 0.25) is 0 Å². The number of rotatable bonds is 2. The Bertz CT molecular complexity index is 208. The van der Waals surface area contributed by atoms with E-state index in [9.17, 15) is 4.79 Å². The van der Waals surface area contributed by atoms with Crippen LogP contribution >= 0.6 is 0 Å². The smallest absolute Gasteiger partial charge is 0.146 e. The molecular formula is C11H21NO. The fourth-order valence-corrected chi connectivity index (χ4v) is 2.23. The molecule has 1 aliphatic heterocycles. The Kier molecular flexibility index (Phi) is 2.81. The molecule has 0 aromatic carbocycles. The molecular weight excluding hydrogens is 162 g/mol. The largest absolute Gasteiger partial charge is 0.298 e. The lowest BCUT2D eigenvalue weighted by atomic mass is 9.90. The van der Waals surface area contributed by atoms with Crippen molar-refractivity contribution in [2.24, 2.45) is 5.41 Å². The lowest BCUT2D eigenvalue weighted by molar-refractivity contribution is -0.121. The fourth-order valence-electron chi connectivity index (χ4n) is 2.23. The van der Waals surface area contributed by atoms with E-state index in [1.807, 2.05) is 0 Å². The Balaban J connectivity index is 2.77. The first-order valence-electron chi connectivity index (χ1n) is 5.10. The summed E-state index contributed by atoms with van der Waals surface area (Å²) in [5.74, 6) is 0.319. The fraction of sp³-hybridized carbons (Fsp3) is 0.909. The topological polar surface area (TPSA) is 20.3 Å². The van der Waals surface area contributed by atoms with E-state index in [0.717, 1.165) is 13.0 Å². The van der Waals surface area contributed by atoms with Crippen LogP contribution in [0, 0.1) is 5.41 Å². The minimum absolute atomic E-state index is 0.162. The Morgan fingerprint density at radius 1 is 1.46 bits per heavy atom. The van der Waals surface area contributed by atoms with Gasteiger partial charge in [-0.05, 0) is 32.6 Å². The van der Waals surface area contributed by atoms with E-state index < -0.39 is 0 Å². The third kappa shape index (κ3) is 2.31. The van der Waals surface area contributed by atoms with Crippen LogP contribution in [0.15, 0.2) is 0 Å². The molecule has 0 spiro atoms. The number of hydrogen-bond donors (Lipinski definition) is 0. The van der Waals surface area contributed by atoms with Gasteiger partial charge < -0.3 is 0 Å². The summed E-state index contributed by atoms with van der Waals surface area (Å²) in [6, 6.07) is 0.644. The second-order valence-corrected chi connectivity index (χ2v) is 5.26. The van der Waals surface area contributed by atoms with E-state index in [0.29, 0.717) is 17.2 Å². The molecule has 0 N–H and O–H groups in total. The highest BCUT2D eigenvalue weighted by atomic mass is 16.1. The van der Waals surface area contributed by atoms with E-state index in [2.05, 4.69) is 32.6 Å². The average molecular weight is 183 g/mol. The van der Waals surface area contributed by atoms with Crippen molar-refractivity contribution < 1.29 is 4.79 Å². The van der Waals surface area contributed by atoms with Gasteiger partial charge in [0.05, 0.1) is 6.04 Å². The molecule has 0 radical (unpaired) electrons. The van der Waals surface area contributed by atoms with Crippen LogP contribution in [0.3, 0.4) is 0 Å². The van der Waals surface area contributed by atoms with Crippen LogP contribution in [0.5, 0.6) is 0 Å². The summed E-state index contributed by atoms with van der Waals surface area (Å²) < 4.78 is 0. The predicted octanol–water partition coefficient (Wildman–Crippen LogP) is 2.08. The summed E-state index contributed by atoms with van der Waals surface area (Å²) in [4.78, 5) is 13.7. The SMILES string of the molecule is CC(=O)[C@@H]1CC(C)(C)CN1C(C)C. The maximum atomic E-state index is 11.4. The molecule has 13 heavy (non-hydrogen) atoms. The number of carbonyl (C=O) groups excluding carboxylic acids is 1. The third-order valence-electron chi connectivity index (χ3n) is 2.89. The minimum Gasteiger partial charge on any atom is -0.298 e. The lowest BCUT2D eigenvalue weighted by Gasteiger charge is -2.26. The van der Waals surface area contributed by atoms with Crippen molar-refractivity contribution >= 4 is 5.78 Å². The Labute approximate surface area is 81.3 Å². The number of hydrogen-bond acceptors (Lipinski definition) is 2.